The van der Waals surface area contributed by atoms with Crippen molar-refractivity contribution in [3.8, 4) is 10.1 Å². The summed E-state index contributed by atoms with van der Waals surface area (Å²) in [6.45, 7) is 2.04. The van der Waals surface area contributed by atoms with Gasteiger partial charge in [0, 0.05) is 0 Å². The van der Waals surface area contributed by atoms with E-state index < -0.39 is 10.0 Å². The van der Waals surface area contributed by atoms with E-state index in [4.69, 9.17) is 5.14 Å². The zero-order valence-electron chi connectivity index (χ0n) is 8.54. The fraction of sp³-hybridized carbons (Fsp3) is 0.100. The maximum absolute atomic E-state index is 11.1. The fourth-order valence-electron chi connectivity index (χ4n) is 1.28. The molecule has 2 rings (SSSR count). The molecule has 4 nitrogen and oxygen atoms in total. The molecule has 6 heteroatoms. The van der Waals surface area contributed by atoms with Gasteiger partial charge >= 0.3 is 99.9 Å². The van der Waals surface area contributed by atoms with Crippen molar-refractivity contribution in [2.75, 3.05) is 0 Å². The number of benzene rings is 1. The molecule has 16 heavy (non-hydrogen) atoms. The van der Waals surface area contributed by atoms with Crippen LogP contribution in [0.4, 0.5) is 0 Å². The predicted octanol–water partition coefficient (Wildman–Crippen LogP) is 0.761. The van der Waals surface area contributed by atoms with Crippen LogP contribution in [0.5, 0.6) is 0 Å². The van der Waals surface area contributed by atoms with E-state index in [9.17, 15) is 8.42 Å². The monoisotopic (exact) mass is 302 g/mol. The second-order valence-corrected chi connectivity index (χ2v) is 7.50. The van der Waals surface area contributed by atoms with Gasteiger partial charge in [-0.25, -0.2) is 0 Å². The van der Waals surface area contributed by atoms with E-state index in [1.54, 1.807) is 12.1 Å². The van der Waals surface area contributed by atoms with Crippen molar-refractivity contribution in [3.05, 3.63) is 34.9 Å². The summed E-state index contributed by atoms with van der Waals surface area (Å²) in [4.78, 5) is 4.41. The van der Waals surface area contributed by atoms with Crippen molar-refractivity contribution in [1.82, 2.24) is 4.98 Å². The first-order chi connectivity index (χ1) is 7.47. The van der Waals surface area contributed by atoms with Crippen molar-refractivity contribution >= 4 is 24.5 Å². The average molecular weight is 301 g/mol. The number of rotatable bonds is 2. The fourth-order valence-corrected chi connectivity index (χ4v) is 3.41. The molecule has 0 aliphatic rings. The normalized spacial score (nSPS) is 11.6. The summed E-state index contributed by atoms with van der Waals surface area (Å²) in [6.07, 6.45) is 1.85. The predicted molar refractivity (Wildman–Crippen MR) is 62.7 cm³/mol. The third-order valence-corrected chi connectivity index (χ3v) is 5.00. The van der Waals surface area contributed by atoms with E-state index in [0.717, 1.165) is 10.1 Å². The number of sulfonamides is 1. The number of primary sulfonamides is 1. The quantitative estimate of drug-likeness (QED) is 0.832. The number of hydrogen-bond acceptors (Lipinski definition) is 3. The molecule has 2 N–H and O–H groups in total. The molecule has 1 aromatic carbocycles. The first-order valence-corrected chi connectivity index (χ1v) is 7.78. The topological polar surface area (TPSA) is 73.0 Å². The van der Waals surface area contributed by atoms with Crippen LogP contribution in [0.3, 0.4) is 0 Å². The van der Waals surface area contributed by atoms with Crippen LogP contribution in [-0.2, 0) is 10.0 Å². The molecule has 2 aromatic rings. The van der Waals surface area contributed by atoms with Gasteiger partial charge in [0.05, 0.1) is 0 Å². The van der Waals surface area contributed by atoms with Gasteiger partial charge in [-0.2, -0.15) is 0 Å². The van der Waals surface area contributed by atoms with Crippen LogP contribution in [0, 0.1) is 6.92 Å². The van der Waals surface area contributed by atoms with E-state index >= 15 is 0 Å². The summed E-state index contributed by atoms with van der Waals surface area (Å²) < 4.78 is 24.4. The third-order valence-electron chi connectivity index (χ3n) is 2.05. The van der Waals surface area contributed by atoms with Gasteiger partial charge in [-0.3, -0.25) is 0 Å². The van der Waals surface area contributed by atoms with Crippen molar-refractivity contribution in [2.45, 2.75) is 11.8 Å². The second kappa shape index (κ2) is 4.14. The van der Waals surface area contributed by atoms with Gasteiger partial charge in [-0.1, -0.05) is 0 Å². The molecular formula is C10H10N2O2SSe. The zero-order chi connectivity index (χ0) is 11.8. The molecule has 0 atom stereocenters. The standard InChI is InChI=1S/C10H10N2O2SSe/c1-7-6-12-10(16-7)8-2-4-9(5-3-8)15(11,13)14/h2-6H,1H3,(H2,11,13,14). The molecule has 0 fully saturated rings. The Bertz CT molecular complexity index is 602. The van der Waals surface area contributed by atoms with Crippen LogP contribution in [-0.4, -0.2) is 27.9 Å². The van der Waals surface area contributed by atoms with Gasteiger partial charge in [-0.05, 0) is 0 Å². The van der Waals surface area contributed by atoms with Crippen molar-refractivity contribution < 1.29 is 8.42 Å². The zero-order valence-corrected chi connectivity index (χ0v) is 11.1. The Balaban J connectivity index is 2.40. The van der Waals surface area contributed by atoms with Crippen LogP contribution in [0.15, 0.2) is 35.4 Å². The molecule has 0 saturated carbocycles. The van der Waals surface area contributed by atoms with Gasteiger partial charge in [0.2, 0.25) is 0 Å². The van der Waals surface area contributed by atoms with Crippen LogP contribution in [0.1, 0.15) is 4.44 Å². The Hall–Kier alpha value is -0.941. The summed E-state index contributed by atoms with van der Waals surface area (Å²) in [5, 5.41) is 5.02. The molecule has 1 aromatic heterocycles. The minimum atomic E-state index is -3.60. The average Bonchev–Trinajstić information content (AvgIpc) is 2.64. The first-order valence-electron chi connectivity index (χ1n) is 4.52. The van der Waals surface area contributed by atoms with Gasteiger partial charge < -0.3 is 0 Å². The minimum absolute atomic E-state index is 0.132. The summed E-state index contributed by atoms with van der Waals surface area (Å²) in [7, 11) is -3.60. The number of aryl methyl sites for hydroxylation is 1. The number of aromatic nitrogens is 1. The molecule has 0 aliphatic heterocycles. The summed E-state index contributed by atoms with van der Waals surface area (Å²) in [6, 6.07) is 6.51. The molecule has 84 valence electrons. The van der Waals surface area contributed by atoms with Crippen molar-refractivity contribution in [1.29, 1.82) is 0 Å². The van der Waals surface area contributed by atoms with Crippen LogP contribution >= 0.6 is 0 Å². The molecule has 0 aliphatic carbocycles. The van der Waals surface area contributed by atoms with Crippen LogP contribution < -0.4 is 5.14 Å². The van der Waals surface area contributed by atoms with E-state index in [0.29, 0.717) is 0 Å². The summed E-state index contributed by atoms with van der Waals surface area (Å²) in [5.74, 6) is 0. The summed E-state index contributed by atoms with van der Waals surface area (Å²) >= 11 is 0.253. The van der Waals surface area contributed by atoms with Crippen LogP contribution in [0.2, 0.25) is 0 Å². The first kappa shape index (κ1) is 11.5. The Labute approximate surface area is 99.9 Å². The Morgan fingerprint density at radius 3 is 2.31 bits per heavy atom. The third kappa shape index (κ3) is 2.41. The SMILES string of the molecule is Cc1cnc(-c2ccc(S(N)(=O)=O)cc2)[se]1. The van der Waals surface area contributed by atoms with Gasteiger partial charge in [0.1, 0.15) is 0 Å². The van der Waals surface area contributed by atoms with Gasteiger partial charge in [-0.15, -0.1) is 0 Å². The number of hydrogen-bond donors (Lipinski definition) is 1. The second-order valence-electron chi connectivity index (χ2n) is 3.35. The Morgan fingerprint density at radius 1 is 1.25 bits per heavy atom. The molecule has 1 heterocycles. The van der Waals surface area contributed by atoms with Crippen molar-refractivity contribution in [2.24, 2.45) is 5.14 Å². The number of nitrogens with two attached hydrogens (primary N) is 1. The Morgan fingerprint density at radius 2 is 1.88 bits per heavy atom. The number of nitrogens with zero attached hydrogens (tertiary/aromatic N) is 1. The molecule has 0 bridgehead atoms. The molecule has 0 spiro atoms. The maximum atomic E-state index is 11.1. The van der Waals surface area contributed by atoms with E-state index in [2.05, 4.69) is 4.98 Å². The molecule has 0 amide bonds. The van der Waals surface area contributed by atoms with Crippen LogP contribution in [0.25, 0.3) is 10.1 Å². The Kier molecular flexibility index (Phi) is 2.99. The van der Waals surface area contributed by atoms with E-state index in [-0.39, 0.29) is 19.4 Å². The van der Waals surface area contributed by atoms with Gasteiger partial charge in [0.15, 0.2) is 0 Å². The summed E-state index contributed by atoms with van der Waals surface area (Å²) in [5.41, 5.74) is 0.959. The molecule has 0 radical (unpaired) electrons. The van der Waals surface area contributed by atoms with E-state index in [1.807, 2.05) is 13.1 Å². The van der Waals surface area contributed by atoms with Gasteiger partial charge in [0.25, 0.3) is 0 Å². The molecule has 0 saturated heterocycles. The molecular weight excluding hydrogens is 291 g/mol. The molecule has 0 unspecified atom stereocenters. The van der Waals surface area contributed by atoms with E-state index in [1.165, 1.54) is 16.6 Å². The van der Waals surface area contributed by atoms with Crippen molar-refractivity contribution in [3.63, 3.8) is 0 Å².